The van der Waals surface area contributed by atoms with Crippen LogP contribution in [0.5, 0.6) is 11.5 Å². The van der Waals surface area contributed by atoms with Crippen LogP contribution in [0.15, 0.2) is 42.5 Å². The van der Waals surface area contributed by atoms with Crippen LogP contribution in [0.4, 0.5) is 0 Å². The maximum absolute atomic E-state index is 6.06. The van der Waals surface area contributed by atoms with Crippen molar-refractivity contribution in [1.82, 2.24) is 4.90 Å². The van der Waals surface area contributed by atoms with Gasteiger partial charge >= 0.3 is 0 Å². The van der Waals surface area contributed by atoms with Crippen LogP contribution < -0.4 is 14.8 Å². The monoisotopic (exact) mass is 443 g/mol. The first-order chi connectivity index (χ1) is 15.2. The fourth-order valence-corrected chi connectivity index (χ4v) is 6.29. The molecule has 170 valence electrons. The summed E-state index contributed by atoms with van der Waals surface area (Å²) in [5.74, 6) is 1.59. The Morgan fingerprint density at radius 2 is 1.68 bits per heavy atom. The van der Waals surface area contributed by atoms with E-state index in [1.54, 1.807) is 14.2 Å². The van der Waals surface area contributed by atoms with Gasteiger partial charge in [0.1, 0.15) is 0 Å². The minimum atomic E-state index is -0.00435. The summed E-state index contributed by atoms with van der Waals surface area (Å²) in [7, 11) is 4.02. The highest BCUT2D eigenvalue weighted by Gasteiger charge is 2.34. The maximum atomic E-state index is 6.06. The number of benzene rings is 2. The summed E-state index contributed by atoms with van der Waals surface area (Å²) in [6, 6.07) is 15.3. The highest BCUT2D eigenvalue weighted by atomic mass is 31.1. The van der Waals surface area contributed by atoms with E-state index in [2.05, 4.69) is 55.1 Å². The quantitative estimate of drug-likeness (QED) is 0.330. The summed E-state index contributed by atoms with van der Waals surface area (Å²) in [5.41, 5.74) is 2.69. The van der Waals surface area contributed by atoms with Crippen LogP contribution in [-0.2, 0) is 16.4 Å². The second-order valence-electron chi connectivity index (χ2n) is 8.30. The van der Waals surface area contributed by atoms with Gasteiger partial charge in [-0.15, -0.1) is 0 Å². The van der Waals surface area contributed by atoms with Crippen LogP contribution in [0.3, 0.4) is 0 Å². The number of methoxy groups -OCH3 is 2. The number of likely N-dealkylation sites (tertiary alicyclic amines) is 1. The Morgan fingerprint density at radius 3 is 2.35 bits per heavy atom. The van der Waals surface area contributed by atoms with Crippen molar-refractivity contribution in [3.05, 3.63) is 53.6 Å². The number of nitrogens with zero attached hydrogens (tertiary/aromatic N) is 1. The maximum Gasteiger partial charge on any atom is 0.188 e. The lowest BCUT2D eigenvalue weighted by Crippen LogP contribution is -2.31. The van der Waals surface area contributed by atoms with E-state index in [0.717, 1.165) is 30.9 Å². The molecule has 0 aliphatic carbocycles. The lowest BCUT2D eigenvalue weighted by Gasteiger charge is -2.35. The van der Waals surface area contributed by atoms with E-state index in [9.17, 15) is 0 Å². The van der Waals surface area contributed by atoms with E-state index >= 15 is 0 Å². The molecule has 3 rings (SSSR count). The van der Waals surface area contributed by atoms with Crippen molar-refractivity contribution >= 4 is 13.9 Å². The molecule has 0 spiro atoms. The molecule has 2 aromatic rings. The largest absolute Gasteiger partial charge is 0.493 e. The van der Waals surface area contributed by atoms with Crippen molar-refractivity contribution in [1.29, 1.82) is 0 Å². The van der Waals surface area contributed by atoms with Gasteiger partial charge in [0.25, 0.3) is 0 Å². The molecule has 1 fully saturated rings. The first kappa shape index (κ1) is 24.0. The SMILES string of the molecule is CCC(CC)(Pc1ccccc1CN1CCCCC1)c1cccc(OC)c1OCOC. The van der Waals surface area contributed by atoms with Crippen molar-refractivity contribution in [2.45, 2.75) is 57.7 Å². The Kier molecular flexibility index (Phi) is 9.19. The molecule has 31 heavy (non-hydrogen) atoms. The average molecular weight is 444 g/mol. The summed E-state index contributed by atoms with van der Waals surface area (Å²) in [4.78, 5) is 2.62. The second kappa shape index (κ2) is 11.9. The van der Waals surface area contributed by atoms with E-state index in [0.29, 0.717) is 8.58 Å². The minimum absolute atomic E-state index is 0.00435. The van der Waals surface area contributed by atoms with Crippen molar-refractivity contribution in [3.8, 4) is 11.5 Å². The van der Waals surface area contributed by atoms with Gasteiger partial charge in [0.05, 0.1) is 7.11 Å². The number of hydrogen-bond donors (Lipinski definition) is 0. The Balaban J connectivity index is 1.96. The molecule has 1 unspecified atom stereocenters. The van der Waals surface area contributed by atoms with Crippen LogP contribution in [0.25, 0.3) is 0 Å². The molecule has 0 radical (unpaired) electrons. The predicted octanol–water partition coefficient (Wildman–Crippen LogP) is 5.68. The third-order valence-corrected chi connectivity index (χ3v) is 8.69. The molecule has 0 saturated carbocycles. The molecule has 0 bridgehead atoms. The summed E-state index contributed by atoms with van der Waals surface area (Å²) >= 11 is 0. The molecule has 0 N–H and O–H groups in total. The van der Waals surface area contributed by atoms with Crippen molar-refractivity contribution in [2.75, 3.05) is 34.1 Å². The predicted molar refractivity (Wildman–Crippen MR) is 131 cm³/mol. The molecule has 0 amide bonds. The molecule has 1 aliphatic heterocycles. The van der Waals surface area contributed by atoms with Gasteiger partial charge in [-0.25, -0.2) is 0 Å². The van der Waals surface area contributed by atoms with E-state index in [4.69, 9.17) is 14.2 Å². The normalized spacial score (nSPS) is 15.5. The van der Waals surface area contributed by atoms with Gasteiger partial charge in [-0.2, -0.15) is 0 Å². The number of para-hydroxylation sites is 1. The van der Waals surface area contributed by atoms with Gasteiger partial charge < -0.3 is 14.2 Å². The Morgan fingerprint density at radius 1 is 0.935 bits per heavy atom. The lowest BCUT2D eigenvalue weighted by atomic mass is 9.91. The average Bonchev–Trinajstić information content (AvgIpc) is 2.83. The van der Waals surface area contributed by atoms with Crippen LogP contribution in [0.2, 0.25) is 0 Å². The molecule has 1 aliphatic rings. The van der Waals surface area contributed by atoms with Crippen molar-refractivity contribution in [3.63, 3.8) is 0 Å². The number of rotatable bonds is 11. The molecule has 0 aromatic heterocycles. The zero-order valence-corrected chi connectivity index (χ0v) is 20.6. The molecule has 2 aromatic carbocycles. The molecule has 1 heterocycles. The van der Waals surface area contributed by atoms with E-state index in [-0.39, 0.29) is 11.9 Å². The van der Waals surface area contributed by atoms with Gasteiger partial charge in [0, 0.05) is 24.4 Å². The van der Waals surface area contributed by atoms with Crippen LogP contribution in [-0.4, -0.2) is 39.0 Å². The minimum Gasteiger partial charge on any atom is -0.493 e. The van der Waals surface area contributed by atoms with E-state index in [1.165, 1.54) is 48.8 Å². The Bertz CT molecular complexity index is 816. The third-order valence-electron chi connectivity index (χ3n) is 6.48. The Hall–Kier alpha value is -1.61. The standard InChI is InChI=1S/C26H38NO3P/c1-5-26(6-2,22-14-12-15-23(29-4)25(22)30-20-28-3)31-24-16-9-8-13-21(24)19-27-17-10-7-11-18-27/h8-9,12-16,31H,5-7,10-11,17-20H2,1-4H3. The fraction of sp³-hybridized carbons (Fsp3) is 0.538. The molecular weight excluding hydrogens is 405 g/mol. The van der Waals surface area contributed by atoms with E-state index in [1.807, 2.05) is 6.07 Å². The van der Waals surface area contributed by atoms with Gasteiger partial charge in [-0.1, -0.05) is 65.2 Å². The van der Waals surface area contributed by atoms with E-state index < -0.39 is 0 Å². The van der Waals surface area contributed by atoms with Gasteiger partial charge in [0.15, 0.2) is 18.3 Å². The summed E-state index contributed by atoms with van der Waals surface area (Å²) in [5, 5.41) is 1.47. The zero-order chi connectivity index (χ0) is 22.1. The number of ether oxygens (including phenoxy) is 3. The zero-order valence-electron chi connectivity index (χ0n) is 19.6. The highest BCUT2D eigenvalue weighted by Crippen LogP contribution is 2.52. The molecule has 5 heteroatoms. The number of hydrogen-bond acceptors (Lipinski definition) is 4. The molecule has 4 nitrogen and oxygen atoms in total. The molecular formula is C26H38NO3P. The van der Waals surface area contributed by atoms with Gasteiger partial charge in [-0.3, -0.25) is 4.90 Å². The topological polar surface area (TPSA) is 30.9 Å². The smallest absolute Gasteiger partial charge is 0.188 e. The Labute approximate surface area is 190 Å². The molecule has 1 saturated heterocycles. The van der Waals surface area contributed by atoms with Crippen LogP contribution in [0.1, 0.15) is 57.1 Å². The van der Waals surface area contributed by atoms with Gasteiger partial charge in [-0.05, 0) is 55.7 Å². The number of piperidine rings is 1. The van der Waals surface area contributed by atoms with Gasteiger partial charge in [0.2, 0.25) is 0 Å². The van der Waals surface area contributed by atoms with Crippen molar-refractivity contribution in [2.24, 2.45) is 0 Å². The fourth-order valence-electron chi connectivity index (χ4n) is 4.59. The lowest BCUT2D eigenvalue weighted by molar-refractivity contribution is 0.0479. The van der Waals surface area contributed by atoms with Crippen molar-refractivity contribution < 1.29 is 14.2 Å². The summed E-state index contributed by atoms with van der Waals surface area (Å²) < 4.78 is 16.9. The first-order valence-electron chi connectivity index (χ1n) is 11.5. The van der Waals surface area contributed by atoms with Crippen LogP contribution in [0, 0.1) is 0 Å². The highest BCUT2D eigenvalue weighted by molar-refractivity contribution is 7.48. The van der Waals surface area contributed by atoms with Crippen LogP contribution >= 0.6 is 8.58 Å². The second-order valence-corrected chi connectivity index (χ2v) is 10.0. The summed E-state index contributed by atoms with van der Waals surface area (Å²) in [6.07, 6.45) is 6.09. The third kappa shape index (κ3) is 5.80. The molecule has 1 atom stereocenters. The summed E-state index contributed by atoms with van der Waals surface area (Å²) in [6.45, 7) is 8.29. The first-order valence-corrected chi connectivity index (χ1v) is 12.5.